The van der Waals surface area contributed by atoms with Gasteiger partial charge < -0.3 is 5.73 Å². The average molecular weight is 219 g/mol. The van der Waals surface area contributed by atoms with Crippen LogP contribution in [0.15, 0.2) is 30.6 Å². The summed E-state index contributed by atoms with van der Waals surface area (Å²) in [5, 5.41) is 3.88. The molecule has 1 heterocycles. The third-order valence-corrected chi connectivity index (χ3v) is 2.26. The molecule has 0 unspecified atom stereocenters. The van der Waals surface area contributed by atoms with Crippen molar-refractivity contribution in [2.45, 2.75) is 0 Å². The van der Waals surface area contributed by atoms with Gasteiger partial charge in [0.05, 0.1) is 17.4 Å². The molecule has 4 nitrogen and oxygen atoms in total. The standard InChI is InChI=1S/C11H10FN3O/c1-15-6-7(5-14-15)11(16)8-3-2-4-9(12)10(8)13/h2-6H,13H2,1H3. The number of anilines is 1. The maximum absolute atomic E-state index is 13.2. The first-order chi connectivity index (χ1) is 7.59. The van der Waals surface area contributed by atoms with Crippen molar-refractivity contribution in [2.75, 3.05) is 5.73 Å². The highest BCUT2D eigenvalue weighted by Gasteiger charge is 2.15. The van der Waals surface area contributed by atoms with Crippen LogP contribution >= 0.6 is 0 Å². The van der Waals surface area contributed by atoms with E-state index < -0.39 is 5.82 Å². The molecule has 1 aromatic carbocycles. The number of nitrogens with two attached hydrogens (primary N) is 1. The molecule has 1 aromatic heterocycles. The molecule has 16 heavy (non-hydrogen) atoms. The van der Waals surface area contributed by atoms with E-state index in [1.165, 1.54) is 29.1 Å². The van der Waals surface area contributed by atoms with Gasteiger partial charge in [-0.2, -0.15) is 5.10 Å². The van der Waals surface area contributed by atoms with Crippen LogP contribution in [0.2, 0.25) is 0 Å². The van der Waals surface area contributed by atoms with Crippen molar-refractivity contribution in [3.8, 4) is 0 Å². The minimum Gasteiger partial charge on any atom is -0.396 e. The number of para-hydroxylation sites is 1. The zero-order valence-corrected chi connectivity index (χ0v) is 8.64. The molecule has 0 saturated heterocycles. The second-order valence-electron chi connectivity index (χ2n) is 3.43. The molecule has 0 saturated carbocycles. The highest BCUT2D eigenvalue weighted by molar-refractivity contribution is 6.11. The summed E-state index contributed by atoms with van der Waals surface area (Å²) in [6.07, 6.45) is 2.99. The third kappa shape index (κ3) is 1.67. The number of ketones is 1. The van der Waals surface area contributed by atoms with Gasteiger partial charge in [0, 0.05) is 18.8 Å². The number of benzene rings is 1. The normalized spacial score (nSPS) is 10.4. The number of rotatable bonds is 2. The van der Waals surface area contributed by atoms with Gasteiger partial charge in [0.2, 0.25) is 0 Å². The average Bonchev–Trinajstić information content (AvgIpc) is 2.68. The fourth-order valence-electron chi connectivity index (χ4n) is 1.43. The summed E-state index contributed by atoms with van der Waals surface area (Å²) < 4.78 is 14.7. The SMILES string of the molecule is Cn1cc(C(=O)c2cccc(F)c2N)cn1. The summed E-state index contributed by atoms with van der Waals surface area (Å²) in [5.74, 6) is -0.917. The maximum atomic E-state index is 13.2. The molecule has 0 amide bonds. The topological polar surface area (TPSA) is 60.9 Å². The van der Waals surface area contributed by atoms with Gasteiger partial charge in [-0.3, -0.25) is 9.48 Å². The number of hydrogen-bond donors (Lipinski definition) is 1. The number of nitrogens with zero attached hydrogens (tertiary/aromatic N) is 2. The van der Waals surface area contributed by atoms with E-state index in [-0.39, 0.29) is 17.0 Å². The number of carbonyl (C=O) groups is 1. The molecular formula is C11H10FN3O. The van der Waals surface area contributed by atoms with Crippen molar-refractivity contribution >= 4 is 11.5 Å². The van der Waals surface area contributed by atoms with Crippen molar-refractivity contribution in [3.05, 3.63) is 47.5 Å². The Bertz CT molecular complexity index is 548. The van der Waals surface area contributed by atoms with Gasteiger partial charge in [-0.05, 0) is 12.1 Å². The minimum atomic E-state index is -0.588. The Hall–Kier alpha value is -2.17. The lowest BCUT2D eigenvalue weighted by molar-refractivity contribution is 0.103. The number of halogens is 1. The number of carbonyl (C=O) groups excluding carboxylic acids is 1. The van der Waals surface area contributed by atoms with Crippen molar-refractivity contribution < 1.29 is 9.18 Å². The predicted octanol–water partition coefficient (Wildman–Crippen LogP) is 1.37. The Morgan fingerprint density at radius 3 is 2.88 bits per heavy atom. The van der Waals surface area contributed by atoms with Gasteiger partial charge in [-0.1, -0.05) is 6.07 Å². The first-order valence-corrected chi connectivity index (χ1v) is 4.67. The highest BCUT2D eigenvalue weighted by atomic mass is 19.1. The second kappa shape index (κ2) is 3.77. The zero-order valence-electron chi connectivity index (χ0n) is 8.64. The molecule has 0 aliphatic carbocycles. The molecule has 2 N–H and O–H groups in total. The van der Waals surface area contributed by atoms with Gasteiger partial charge in [-0.15, -0.1) is 0 Å². The Balaban J connectivity index is 2.45. The Labute approximate surface area is 91.5 Å². The van der Waals surface area contributed by atoms with E-state index in [4.69, 9.17) is 5.73 Å². The number of aromatic nitrogens is 2. The van der Waals surface area contributed by atoms with Crippen molar-refractivity contribution in [3.63, 3.8) is 0 Å². The smallest absolute Gasteiger partial charge is 0.198 e. The van der Waals surface area contributed by atoms with Crippen molar-refractivity contribution in [2.24, 2.45) is 7.05 Å². The molecule has 2 rings (SSSR count). The van der Waals surface area contributed by atoms with E-state index in [1.807, 2.05) is 0 Å². The molecule has 0 spiro atoms. The Kier molecular flexibility index (Phi) is 2.44. The van der Waals surface area contributed by atoms with Gasteiger partial charge in [0.15, 0.2) is 5.78 Å². The molecule has 5 heteroatoms. The first kappa shape index (κ1) is 10.4. The molecule has 0 bridgehead atoms. The zero-order chi connectivity index (χ0) is 11.7. The fourth-order valence-corrected chi connectivity index (χ4v) is 1.43. The lowest BCUT2D eigenvalue weighted by Gasteiger charge is -2.03. The lowest BCUT2D eigenvalue weighted by atomic mass is 10.0. The van der Waals surface area contributed by atoms with E-state index >= 15 is 0 Å². The predicted molar refractivity (Wildman–Crippen MR) is 57.5 cm³/mol. The molecule has 82 valence electrons. The summed E-state index contributed by atoms with van der Waals surface area (Å²) in [7, 11) is 1.70. The third-order valence-electron chi connectivity index (χ3n) is 2.26. The van der Waals surface area contributed by atoms with Gasteiger partial charge in [0.1, 0.15) is 5.82 Å². The van der Waals surface area contributed by atoms with E-state index in [1.54, 1.807) is 13.2 Å². The molecule has 0 aliphatic rings. The van der Waals surface area contributed by atoms with E-state index in [9.17, 15) is 9.18 Å². The van der Waals surface area contributed by atoms with Crippen LogP contribution in [0.1, 0.15) is 15.9 Å². The molecule has 2 aromatic rings. The van der Waals surface area contributed by atoms with Crippen LogP contribution in [0.3, 0.4) is 0 Å². The van der Waals surface area contributed by atoms with Gasteiger partial charge >= 0.3 is 0 Å². The van der Waals surface area contributed by atoms with Crippen LogP contribution in [0, 0.1) is 5.82 Å². The van der Waals surface area contributed by atoms with E-state index in [2.05, 4.69) is 5.10 Å². The number of nitrogen functional groups attached to an aromatic ring is 1. The number of hydrogen-bond acceptors (Lipinski definition) is 3. The first-order valence-electron chi connectivity index (χ1n) is 4.67. The molecule has 0 aliphatic heterocycles. The van der Waals surface area contributed by atoms with Crippen molar-refractivity contribution in [1.29, 1.82) is 0 Å². The molecule has 0 fully saturated rings. The monoisotopic (exact) mass is 219 g/mol. The Morgan fingerprint density at radius 1 is 1.50 bits per heavy atom. The van der Waals surface area contributed by atoms with E-state index in [0.717, 1.165) is 0 Å². The fraction of sp³-hybridized carbons (Fsp3) is 0.0909. The maximum Gasteiger partial charge on any atom is 0.198 e. The largest absolute Gasteiger partial charge is 0.396 e. The molecule has 0 atom stereocenters. The quantitative estimate of drug-likeness (QED) is 0.613. The molecular weight excluding hydrogens is 209 g/mol. The van der Waals surface area contributed by atoms with Crippen LogP contribution in [0.25, 0.3) is 0 Å². The van der Waals surface area contributed by atoms with Crippen LogP contribution < -0.4 is 5.73 Å². The van der Waals surface area contributed by atoms with Gasteiger partial charge in [-0.25, -0.2) is 4.39 Å². The summed E-state index contributed by atoms with van der Waals surface area (Å²) in [6, 6.07) is 4.17. The summed E-state index contributed by atoms with van der Waals surface area (Å²) in [6.45, 7) is 0. The highest BCUT2D eigenvalue weighted by Crippen LogP contribution is 2.19. The second-order valence-corrected chi connectivity index (χ2v) is 3.43. The van der Waals surface area contributed by atoms with Crippen molar-refractivity contribution in [1.82, 2.24) is 9.78 Å². The van der Waals surface area contributed by atoms with E-state index in [0.29, 0.717) is 5.56 Å². The van der Waals surface area contributed by atoms with Crippen LogP contribution in [-0.2, 0) is 7.05 Å². The number of aryl methyl sites for hydroxylation is 1. The lowest BCUT2D eigenvalue weighted by Crippen LogP contribution is -2.06. The Morgan fingerprint density at radius 2 is 2.25 bits per heavy atom. The summed E-state index contributed by atoms with van der Waals surface area (Å²) in [5.41, 5.74) is 5.93. The van der Waals surface area contributed by atoms with Crippen LogP contribution in [0.4, 0.5) is 10.1 Å². The molecule has 0 radical (unpaired) electrons. The summed E-state index contributed by atoms with van der Waals surface area (Å²) >= 11 is 0. The van der Waals surface area contributed by atoms with Gasteiger partial charge in [0.25, 0.3) is 0 Å². The minimum absolute atomic E-state index is 0.128. The summed E-state index contributed by atoms with van der Waals surface area (Å²) in [4.78, 5) is 11.9. The van der Waals surface area contributed by atoms with Crippen LogP contribution in [0.5, 0.6) is 0 Å². The van der Waals surface area contributed by atoms with Crippen LogP contribution in [-0.4, -0.2) is 15.6 Å².